The van der Waals surface area contributed by atoms with Crippen molar-refractivity contribution in [1.29, 1.82) is 0 Å². The van der Waals surface area contributed by atoms with Gasteiger partial charge in [-0.05, 0) is 57.2 Å². The summed E-state index contributed by atoms with van der Waals surface area (Å²) in [6.45, 7) is 5.85. The zero-order chi connectivity index (χ0) is 23.9. The van der Waals surface area contributed by atoms with Crippen LogP contribution in [0, 0.1) is 19.8 Å². The van der Waals surface area contributed by atoms with Crippen molar-refractivity contribution in [3.05, 3.63) is 35.2 Å². The van der Waals surface area contributed by atoms with Gasteiger partial charge >= 0.3 is 0 Å². The molecule has 5 rings (SSSR count). The number of amides is 1. The van der Waals surface area contributed by atoms with Gasteiger partial charge in [-0.1, -0.05) is 11.2 Å². The van der Waals surface area contributed by atoms with Gasteiger partial charge in [0.2, 0.25) is 15.9 Å². The van der Waals surface area contributed by atoms with Crippen LogP contribution < -0.4 is 9.47 Å². The summed E-state index contributed by atoms with van der Waals surface area (Å²) >= 11 is 0. The number of benzene rings is 1. The number of hydrogen-bond acceptors (Lipinski definition) is 7. The van der Waals surface area contributed by atoms with E-state index in [1.54, 1.807) is 13.8 Å². The van der Waals surface area contributed by atoms with Crippen LogP contribution in [-0.4, -0.2) is 61.5 Å². The minimum Gasteiger partial charge on any atom is -0.490 e. The molecule has 0 radical (unpaired) electrons. The van der Waals surface area contributed by atoms with E-state index in [2.05, 4.69) is 5.16 Å². The van der Waals surface area contributed by atoms with Gasteiger partial charge in [0.15, 0.2) is 17.3 Å². The fourth-order valence-electron chi connectivity index (χ4n) is 5.31. The molecular formula is C24H31N3O6S. The zero-order valence-electron chi connectivity index (χ0n) is 19.7. The number of rotatable bonds is 4. The molecule has 0 N–H and O–H groups in total. The standard InChI is InChI=1S/C24H31N3O6S/c1-16-23(17(2)33-25-16)34(29,30)26-11-8-18(9-12-26)24(28)27-10-3-5-20(27)19-6-7-21-22(15-19)32-14-4-13-31-21/h6-7,15,18,20H,3-5,8-14H2,1-2H3/t20-/m0/s1. The summed E-state index contributed by atoms with van der Waals surface area (Å²) in [4.78, 5) is 15.6. The van der Waals surface area contributed by atoms with Crippen LogP contribution in [0.3, 0.4) is 0 Å². The molecule has 0 bridgehead atoms. The third-order valence-corrected chi connectivity index (χ3v) is 9.20. The van der Waals surface area contributed by atoms with Crippen LogP contribution in [0.25, 0.3) is 0 Å². The van der Waals surface area contributed by atoms with Crippen LogP contribution >= 0.6 is 0 Å². The Morgan fingerprint density at radius 3 is 2.44 bits per heavy atom. The number of fused-ring (bicyclic) bond motifs is 1. The Morgan fingerprint density at radius 1 is 1.00 bits per heavy atom. The van der Waals surface area contributed by atoms with Crippen molar-refractivity contribution < 1.29 is 27.2 Å². The van der Waals surface area contributed by atoms with Crippen LogP contribution in [0.2, 0.25) is 0 Å². The van der Waals surface area contributed by atoms with E-state index in [0.29, 0.717) is 50.6 Å². The van der Waals surface area contributed by atoms with Gasteiger partial charge in [-0.15, -0.1) is 0 Å². The number of aromatic nitrogens is 1. The van der Waals surface area contributed by atoms with Crippen molar-refractivity contribution in [2.75, 3.05) is 32.8 Å². The zero-order valence-corrected chi connectivity index (χ0v) is 20.5. The van der Waals surface area contributed by atoms with Gasteiger partial charge in [-0.25, -0.2) is 8.42 Å². The molecule has 1 aromatic heterocycles. The van der Waals surface area contributed by atoms with Gasteiger partial charge in [0, 0.05) is 32.0 Å². The number of piperidine rings is 1. The van der Waals surface area contributed by atoms with E-state index in [-0.39, 0.29) is 22.8 Å². The SMILES string of the molecule is Cc1noc(C)c1S(=O)(=O)N1CCC(C(=O)N2CCC[C@H]2c2ccc3c(c2)OCCCO3)CC1. The summed E-state index contributed by atoms with van der Waals surface area (Å²) in [5, 5.41) is 3.78. The fourth-order valence-corrected chi connectivity index (χ4v) is 7.07. The molecule has 2 aromatic rings. The first kappa shape index (κ1) is 23.2. The predicted molar refractivity (Wildman–Crippen MR) is 123 cm³/mol. The second kappa shape index (κ2) is 9.22. The highest BCUT2D eigenvalue weighted by Gasteiger charge is 2.39. The largest absolute Gasteiger partial charge is 0.490 e. The molecule has 10 heteroatoms. The van der Waals surface area contributed by atoms with Crippen LogP contribution in [-0.2, 0) is 14.8 Å². The topological polar surface area (TPSA) is 102 Å². The number of carbonyl (C=O) groups is 1. The Labute approximate surface area is 200 Å². The van der Waals surface area contributed by atoms with E-state index in [4.69, 9.17) is 14.0 Å². The molecule has 1 atom stereocenters. The molecule has 0 aliphatic carbocycles. The van der Waals surface area contributed by atoms with Crippen molar-refractivity contribution in [3.63, 3.8) is 0 Å². The smallest absolute Gasteiger partial charge is 0.248 e. The first-order valence-corrected chi connectivity index (χ1v) is 13.4. The van der Waals surface area contributed by atoms with E-state index in [1.165, 1.54) is 4.31 Å². The van der Waals surface area contributed by atoms with E-state index >= 15 is 0 Å². The van der Waals surface area contributed by atoms with Crippen molar-refractivity contribution in [3.8, 4) is 11.5 Å². The molecule has 184 valence electrons. The monoisotopic (exact) mass is 489 g/mol. The summed E-state index contributed by atoms with van der Waals surface area (Å²) in [7, 11) is -3.69. The lowest BCUT2D eigenvalue weighted by Crippen LogP contribution is -2.44. The molecule has 0 saturated carbocycles. The molecule has 2 saturated heterocycles. The summed E-state index contributed by atoms with van der Waals surface area (Å²) in [5.41, 5.74) is 1.43. The number of nitrogens with zero attached hydrogens (tertiary/aromatic N) is 3. The molecule has 0 unspecified atom stereocenters. The van der Waals surface area contributed by atoms with Crippen molar-refractivity contribution in [2.45, 2.75) is 56.9 Å². The van der Waals surface area contributed by atoms with Gasteiger partial charge in [-0.2, -0.15) is 4.31 Å². The molecule has 0 spiro atoms. The third-order valence-electron chi connectivity index (χ3n) is 7.06. The molecular weight excluding hydrogens is 458 g/mol. The number of aryl methyl sites for hydroxylation is 2. The summed E-state index contributed by atoms with van der Waals surface area (Å²) in [6, 6.07) is 5.99. The highest BCUT2D eigenvalue weighted by molar-refractivity contribution is 7.89. The first-order chi connectivity index (χ1) is 16.4. The maximum absolute atomic E-state index is 13.5. The Hall–Kier alpha value is -2.59. The van der Waals surface area contributed by atoms with Gasteiger partial charge in [-0.3, -0.25) is 4.79 Å². The number of ether oxygens (including phenoxy) is 2. The summed E-state index contributed by atoms with van der Waals surface area (Å²) in [5.74, 6) is 1.73. The van der Waals surface area contributed by atoms with Crippen LogP contribution in [0.1, 0.15) is 55.2 Å². The average molecular weight is 490 g/mol. The lowest BCUT2D eigenvalue weighted by molar-refractivity contribution is -0.137. The molecule has 1 amide bonds. The Kier molecular flexibility index (Phi) is 6.28. The van der Waals surface area contributed by atoms with Gasteiger partial charge < -0.3 is 18.9 Å². The number of sulfonamides is 1. The Morgan fingerprint density at radius 2 is 1.74 bits per heavy atom. The highest BCUT2D eigenvalue weighted by Crippen LogP contribution is 2.39. The van der Waals surface area contributed by atoms with Gasteiger partial charge in [0.25, 0.3) is 0 Å². The maximum Gasteiger partial charge on any atom is 0.248 e. The lowest BCUT2D eigenvalue weighted by Gasteiger charge is -2.34. The van der Waals surface area contributed by atoms with Crippen molar-refractivity contribution in [2.24, 2.45) is 5.92 Å². The Balaban J connectivity index is 1.27. The second-order valence-corrected chi connectivity index (χ2v) is 11.2. The van der Waals surface area contributed by atoms with Crippen LogP contribution in [0.5, 0.6) is 11.5 Å². The fraction of sp³-hybridized carbons (Fsp3) is 0.583. The predicted octanol–water partition coefficient (Wildman–Crippen LogP) is 3.22. The minimum atomic E-state index is -3.69. The normalized spacial score (nSPS) is 22.1. The second-order valence-electron chi connectivity index (χ2n) is 9.28. The number of carbonyl (C=O) groups excluding carboxylic acids is 1. The third kappa shape index (κ3) is 4.17. The Bertz CT molecular complexity index is 1150. The summed E-state index contributed by atoms with van der Waals surface area (Å²) in [6.07, 6.45) is 3.72. The van der Waals surface area contributed by atoms with E-state index < -0.39 is 10.0 Å². The van der Waals surface area contributed by atoms with Gasteiger partial charge in [0.1, 0.15) is 10.6 Å². The molecule has 4 heterocycles. The van der Waals surface area contributed by atoms with E-state index in [1.807, 2.05) is 23.1 Å². The molecule has 3 aliphatic rings. The van der Waals surface area contributed by atoms with E-state index in [0.717, 1.165) is 42.9 Å². The lowest BCUT2D eigenvalue weighted by atomic mass is 9.95. The number of likely N-dealkylation sites (tertiary alicyclic amines) is 1. The number of hydrogen-bond donors (Lipinski definition) is 0. The maximum atomic E-state index is 13.5. The molecule has 3 aliphatic heterocycles. The van der Waals surface area contributed by atoms with Crippen LogP contribution in [0.15, 0.2) is 27.6 Å². The van der Waals surface area contributed by atoms with E-state index in [9.17, 15) is 13.2 Å². The molecule has 9 nitrogen and oxygen atoms in total. The van der Waals surface area contributed by atoms with Crippen LogP contribution in [0.4, 0.5) is 0 Å². The summed E-state index contributed by atoms with van der Waals surface area (Å²) < 4.78 is 44.3. The van der Waals surface area contributed by atoms with Crippen molar-refractivity contribution >= 4 is 15.9 Å². The molecule has 2 fully saturated rings. The molecule has 34 heavy (non-hydrogen) atoms. The average Bonchev–Trinajstić information content (AvgIpc) is 3.38. The molecule has 1 aromatic carbocycles. The minimum absolute atomic E-state index is 0.00807. The first-order valence-electron chi connectivity index (χ1n) is 12.0. The quantitative estimate of drug-likeness (QED) is 0.650. The van der Waals surface area contributed by atoms with Gasteiger partial charge in [0.05, 0.1) is 19.3 Å². The van der Waals surface area contributed by atoms with Crippen molar-refractivity contribution in [1.82, 2.24) is 14.4 Å². The highest BCUT2D eigenvalue weighted by atomic mass is 32.2.